The van der Waals surface area contributed by atoms with E-state index in [1.807, 2.05) is 38.3 Å². The number of allylic oxidation sites excluding steroid dienone is 2. The van der Waals surface area contributed by atoms with Gasteiger partial charge in [0.25, 0.3) is 0 Å². The van der Waals surface area contributed by atoms with Crippen LogP contribution in [0.3, 0.4) is 0 Å². The molecule has 0 saturated carbocycles. The van der Waals surface area contributed by atoms with Crippen LogP contribution in [0, 0.1) is 5.92 Å². The number of nitrogens with zero attached hydrogens (tertiary/aromatic N) is 3. The second-order valence-corrected chi connectivity index (χ2v) is 6.00. The van der Waals surface area contributed by atoms with Gasteiger partial charge in [0.2, 0.25) is 5.91 Å². The summed E-state index contributed by atoms with van der Waals surface area (Å²) >= 11 is 0. The van der Waals surface area contributed by atoms with Crippen LogP contribution in [-0.4, -0.2) is 59.9 Å². The first kappa shape index (κ1) is 13.5. The normalized spacial score (nSPS) is 29.3. The molecule has 0 N–H and O–H groups in total. The summed E-state index contributed by atoms with van der Waals surface area (Å²) in [4.78, 5) is 21.5. The fourth-order valence-electron chi connectivity index (χ4n) is 2.90. The number of amides is 1. The van der Waals surface area contributed by atoms with Gasteiger partial charge in [-0.15, -0.1) is 0 Å². The molecule has 1 unspecified atom stereocenters. The van der Waals surface area contributed by atoms with Gasteiger partial charge >= 0.3 is 0 Å². The van der Waals surface area contributed by atoms with E-state index in [4.69, 9.17) is 9.73 Å². The van der Waals surface area contributed by atoms with E-state index in [2.05, 4.69) is 4.90 Å². The molecule has 1 atom stereocenters. The number of ether oxygens (including phenoxy) is 1. The second-order valence-electron chi connectivity index (χ2n) is 6.00. The lowest BCUT2D eigenvalue weighted by Gasteiger charge is -2.42. The molecule has 108 valence electrons. The summed E-state index contributed by atoms with van der Waals surface area (Å²) in [6.45, 7) is 8.14. The van der Waals surface area contributed by atoms with E-state index >= 15 is 0 Å². The summed E-state index contributed by atoms with van der Waals surface area (Å²) in [7, 11) is 0. The standard InChI is InChI=1S/C15H21N3O2/c1-15(2)12(11-17-7-9-20-10-8-17)14(19)18-6-4-3-5-13(18)16-15/h3-6,12H,7-11H2,1-2H3. The highest BCUT2D eigenvalue weighted by Gasteiger charge is 2.43. The third kappa shape index (κ3) is 2.43. The molecule has 3 aliphatic rings. The average molecular weight is 275 g/mol. The van der Waals surface area contributed by atoms with Crippen LogP contribution in [0.5, 0.6) is 0 Å². The number of hydrogen-bond donors (Lipinski definition) is 0. The van der Waals surface area contributed by atoms with Crippen molar-refractivity contribution in [1.82, 2.24) is 9.80 Å². The van der Waals surface area contributed by atoms with E-state index < -0.39 is 0 Å². The Balaban J connectivity index is 1.82. The van der Waals surface area contributed by atoms with Crippen molar-refractivity contribution in [2.45, 2.75) is 19.4 Å². The number of aliphatic imine (C=N–C) groups is 1. The Bertz CT molecular complexity index is 487. The lowest BCUT2D eigenvalue weighted by atomic mass is 9.84. The van der Waals surface area contributed by atoms with Crippen LogP contribution >= 0.6 is 0 Å². The molecule has 3 rings (SSSR count). The number of hydrogen-bond acceptors (Lipinski definition) is 4. The third-order valence-corrected chi connectivity index (χ3v) is 4.17. The van der Waals surface area contributed by atoms with E-state index in [0.717, 1.165) is 38.7 Å². The first-order chi connectivity index (χ1) is 9.58. The predicted octanol–water partition coefficient (Wildman–Crippen LogP) is 1.04. The van der Waals surface area contributed by atoms with Crippen molar-refractivity contribution < 1.29 is 9.53 Å². The van der Waals surface area contributed by atoms with Crippen LogP contribution in [0.4, 0.5) is 0 Å². The molecule has 5 heteroatoms. The highest BCUT2D eigenvalue weighted by atomic mass is 16.5. The van der Waals surface area contributed by atoms with Crippen LogP contribution in [0.25, 0.3) is 0 Å². The molecule has 0 aromatic heterocycles. The maximum Gasteiger partial charge on any atom is 0.239 e. The Labute approximate surface area is 119 Å². The van der Waals surface area contributed by atoms with Crippen LogP contribution in [0.15, 0.2) is 29.4 Å². The molecule has 1 saturated heterocycles. The van der Waals surface area contributed by atoms with Crippen LogP contribution in [0.1, 0.15) is 13.8 Å². The van der Waals surface area contributed by atoms with Crippen molar-refractivity contribution >= 4 is 11.7 Å². The summed E-state index contributed by atoms with van der Waals surface area (Å²) in [6, 6.07) is 0. The largest absolute Gasteiger partial charge is 0.379 e. The van der Waals surface area contributed by atoms with Crippen molar-refractivity contribution in [3.05, 3.63) is 24.4 Å². The van der Waals surface area contributed by atoms with Gasteiger partial charge in [0.05, 0.1) is 24.7 Å². The van der Waals surface area contributed by atoms with Gasteiger partial charge in [-0.05, 0) is 26.0 Å². The summed E-state index contributed by atoms with van der Waals surface area (Å²) < 4.78 is 5.37. The Kier molecular flexibility index (Phi) is 3.48. The van der Waals surface area contributed by atoms with Gasteiger partial charge in [-0.2, -0.15) is 0 Å². The molecule has 0 bridgehead atoms. The second kappa shape index (κ2) is 5.14. The Morgan fingerprint density at radius 1 is 1.35 bits per heavy atom. The van der Waals surface area contributed by atoms with Crippen LogP contribution < -0.4 is 0 Å². The predicted molar refractivity (Wildman–Crippen MR) is 77.4 cm³/mol. The van der Waals surface area contributed by atoms with Crippen molar-refractivity contribution in [3.63, 3.8) is 0 Å². The molecule has 3 aliphatic heterocycles. The lowest BCUT2D eigenvalue weighted by molar-refractivity contribution is -0.133. The molecule has 1 amide bonds. The molecule has 0 aromatic carbocycles. The van der Waals surface area contributed by atoms with Crippen molar-refractivity contribution in [2.24, 2.45) is 10.9 Å². The Hall–Kier alpha value is -1.46. The number of carbonyl (C=O) groups is 1. The number of fused-ring (bicyclic) bond motifs is 1. The summed E-state index contributed by atoms with van der Waals surface area (Å²) in [5.41, 5.74) is -0.364. The third-order valence-electron chi connectivity index (χ3n) is 4.17. The molecular weight excluding hydrogens is 254 g/mol. The molecule has 0 aliphatic carbocycles. The van der Waals surface area contributed by atoms with Gasteiger partial charge in [-0.1, -0.05) is 6.08 Å². The van der Waals surface area contributed by atoms with Gasteiger partial charge < -0.3 is 4.74 Å². The molecule has 3 heterocycles. The molecule has 0 spiro atoms. The molecule has 1 fully saturated rings. The van der Waals surface area contributed by atoms with Gasteiger partial charge in [-0.3, -0.25) is 19.6 Å². The van der Waals surface area contributed by atoms with E-state index in [9.17, 15) is 4.79 Å². The molecule has 0 radical (unpaired) electrons. The van der Waals surface area contributed by atoms with E-state index in [1.165, 1.54) is 0 Å². The smallest absolute Gasteiger partial charge is 0.239 e. The zero-order valence-electron chi connectivity index (χ0n) is 12.1. The van der Waals surface area contributed by atoms with Crippen molar-refractivity contribution in [2.75, 3.05) is 32.8 Å². The monoisotopic (exact) mass is 275 g/mol. The van der Waals surface area contributed by atoms with E-state index in [0.29, 0.717) is 0 Å². The molecule has 20 heavy (non-hydrogen) atoms. The number of rotatable bonds is 2. The molecule has 0 aromatic rings. The van der Waals surface area contributed by atoms with Crippen molar-refractivity contribution in [1.29, 1.82) is 0 Å². The quantitative estimate of drug-likeness (QED) is 0.756. The van der Waals surface area contributed by atoms with E-state index in [-0.39, 0.29) is 17.4 Å². The SMILES string of the molecule is CC1(C)N=C2C=CC=CN2C(=O)C1CN1CCOCC1. The molecule has 5 nitrogen and oxygen atoms in total. The zero-order chi connectivity index (χ0) is 14.2. The van der Waals surface area contributed by atoms with E-state index in [1.54, 1.807) is 4.90 Å². The van der Waals surface area contributed by atoms with Gasteiger partial charge in [-0.25, -0.2) is 0 Å². The summed E-state index contributed by atoms with van der Waals surface area (Å²) in [6.07, 6.45) is 7.50. The Morgan fingerprint density at radius 2 is 2.10 bits per heavy atom. The number of morpholine rings is 1. The average Bonchev–Trinajstić information content (AvgIpc) is 2.44. The van der Waals surface area contributed by atoms with Gasteiger partial charge in [0.1, 0.15) is 5.84 Å². The minimum absolute atomic E-state index is 0.111. The first-order valence-corrected chi connectivity index (χ1v) is 7.16. The summed E-state index contributed by atoms with van der Waals surface area (Å²) in [5, 5.41) is 0. The van der Waals surface area contributed by atoms with Crippen LogP contribution in [-0.2, 0) is 9.53 Å². The Morgan fingerprint density at radius 3 is 2.85 bits per heavy atom. The maximum absolute atomic E-state index is 12.8. The van der Waals surface area contributed by atoms with Crippen molar-refractivity contribution in [3.8, 4) is 0 Å². The van der Waals surface area contributed by atoms with Crippen LogP contribution in [0.2, 0.25) is 0 Å². The van der Waals surface area contributed by atoms with Gasteiger partial charge in [0.15, 0.2) is 0 Å². The topological polar surface area (TPSA) is 45.1 Å². The lowest BCUT2D eigenvalue weighted by Crippen LogP contribution is -2.55. The highest BCUT2D eigenvalue weighted by molar-refractivity contribution is 6.09. The minimum Gasteiger partial charge on any atom is -0.379 e. The van der Waals surface area contributed by atoms with Gasteiger partial charge in [0, 0.05) is 25.8 Å². The highest BCUT2D eigenvalue weighted by Crippen LogP contribution is 2.31. The zero-order valence-corrected chi connectivity index (χ0v) is 12.1. The fourth-order valence-corrected chi connectivity index (χ4v) is 2.90. The number of amidine groups is 1. The summed E-state index contributed by atoms with van der Waals surface area (Å²) in [5.74, 6) is 0.785. The molecular formula is C15H21N3O2. The maximum atomic E-state index is 12.8. The fraction of sp³-hybridized carbons (Fsp3) is 0.600. The minimum atomic E-state index is -0.364. The number of carbonyl (C=O) groups excluding carboxylic acids is 1. The first-order valence-electron chi connectivity index (χ1n) is 7.16.